The molecule has 2 N–H and O–H groups in total. The highest BCUT2D eigenvalue weighted by atomic mass is 32.2. The minimum Gasteiger partial charge on any atom is -0.481 e. The molecule has 0 aromatic rings. The van der Waals surface area contributed by atoms with Crippen LogP contribution in [-0.4, -0.2) is 65.7 Å². The lowest BCUT2D eigenvalue weighted by molar-refractivity contribution is -0.134. The largest absolute Gasteiger partial charge is 0.481 e. The number of hydrogen-bond donors (Lipinski definition) is 2. The van der Waals surface area contributed by atoms with E-state index < -0.39 is 5.97 Å². The summed E-state index contributed by atoms with van der Waals surface area (Å²) in [6, 6.07) is 0. The van der Waals surface area contributed by atoms with Crippen molar-refractivity contribution < 1.29 is 24.3 Å². The summed E-state index contributed by atoms with van der Waals surface area (Å²) in [4.78, 5) is 44.5. The average molecular weight is 290 g/mol. The SMILES string of the molecule is CN(CCNC(=O)CSCC(=O)O)C(=O)CCC=O. The zero-order valence-corrected chi connectivity index (χ0v) is 11.6. The van der Waals surface area contributed by atoms with Crippen LogP contribution in [0, 0.1) is 0 Å². The summed E-state index contributed by atoms with van der Waals surface area (Å²) in [6.45, 7) is 0.656. The Bertz CT molecular complexity index is 335. The van der Waals surface area contributed by atoms with Crippen LogP contribution in [0.15, 0.2) is 0 Å². The van der Waals surface area contributed by atoms with Crippen molar-refractivity contribution in [1.29, 1.82) is 0 Å². The van der Waals surface area contributed by atoms with Crippen LogP contribution in [0.2, 0.25) is 0 Å². The van der Waals surface area contributed by atoms with E-state index >= 15 is 0 Å². The molecule has 0 fully saturated rings. The van der Waals surface area contributed by atoms with Gasteiger partial charge in [-0.05, 0) is 0 Å². The molecule has 0 aliphatic heterocycles. The number of nitrogens with zero attached hydrogens (tertiary/aromatic N) is 1. The first kappa shape index (κ1) is 17.4. The summed E-state index contributed by atoms with van der Waals surface area (Å²) in [5.41, 5.74) is 0. The van der Waals surface area contributed by atoms with E-state index in [0.717, 1.165) is 11.8 Å². The van der Waals surface area contributed by atoms with Gasteiger partial charge < -0.3 is 20.1 Å². The normalized spacial score (nSPS) is 9.74. The van der Waals surface area contributed by atoms with E-state index in [9.17, 15) is 19.2 Å². The predicted molar refractivity (Wildman–Crippen MR) is 70.9 cm³/mol. The van der Waals surface area contributed by atoms with Crippen LogP contribution in [0.4, 0.5) is 0 Å². The van der Waals surface area contributed by atoms with E-state index in [1.165, 1.54) is 4.90 Å². The van der Waals surface area contributed by atoms with Crippen LogP contribution >= 0.6 is 11.8 Å². The molecule has 0 aromatic carbocycles. The number of likely N-dealkylation sites (N-methyl/N-ethyl adjacent to an activating group) is 1. The van der Waals surface area contributed by atoms with Gasteiger partial charge in [0.05, 0.1) is 11.5 Å². The number of carbonyl (C=O) groups excluding carboxylic acids is 3. The monoisotopic (exact) mass is 290 g/mol. The second-order valence-electron chi connectivity index (χ2n) is 3.76. The van der Waals surface area contributed by atoms with Crippen molar-refractivity contribution in [2.75, 3.05) is 31.6 Å². The van der Waals surface area contributed by atoms with Gasteiger partial charge in [-0.2, -0.15) is 0 Å². The molecule has 0 unspecified atom stereocenters. The van der Waals surface area contributed by atoms with Gasteiger partial charge in [0.15, 0.2) is 0 Å². The van der Waals surface area contributed by atoms with Crippen LogP contribution in [-0.2, 0) is 19.2 Å². The number of carbonyl (C=O) groups is 4. The first-order valence-electron chi connectivity index (χ1n) is 5.71. The zero-order valence-electron chi connectivity index (χ0n) is 10.8. The minimum absolute atomic E-state index is 0.0785. The van der Waals surface area contributed by atoms with Gasteiger partial charge in [0.2, 0.25) is 11.8 Å². The lowest BCUT2D eigenvalue weighted by Crippen LogP contribution is -2.36. The van der Waals surface area contributed by atoms with Gasteiger partial charge in [-0.3, -0.25) is 14.4 Å². The fourth-order valence-corrected chi connectivity index (χ4v) is 1.71. The standard InChI is InChI=1S/C11H18N2O5S/c1-13(10(16)3-2-6-14)5-4-12-9(15)7-19-8-11(17)18/h6H,2-5,7-8H2,1H3,(H,12,15)(H,17,18). The third-order valence-corrected chi connectivity index (χ3v) is 3.05. The molecule has 0 aliphatic rings. The van der Waals surface area contributed by atoms with Crippen molar-refractivity contribution in [2.45, 2.75) is 12.8 Å². The van der Waals surface area contributed by atoms with Gasteiger partial charge in [-0.15, -0.1) is 11.8 Å². The molecule has 19 heavy (non-hydrogen) atoms. The van der Waals surface area contributed by atoms with Gasteiger partial charge in [0.25, 0.3) is 0 Å². The van der Waals surface area contributed by atoms with Crippen molar-refractivity contribution >= 4 is 35.8 Å². The number of carboxylic acid groups (broad SMARTS) is 1. The number of rotatable bonds is 10. The predicted octanol–water partition coefficient (Wildman–Crippen LogP) is -0.642. The van der Waals surface area contributed by atoms with Gasteiger partial charge in [-0.1, -0.05) is 0 Å². The number of aldehydes is 1. The molecule has 7 nitrogen and oxygen atoms in total. The third-order valence-electron chi connectivity index (χ3n) is 2.13. The molecule has 0 saturated heterocycles. The highest BCUT2D eigenvalue weighted by Crippen LogP contribution is 1.98. The van der Waals surface area contributed by atoms with Crippen LogP contribution in [0.3, 0.4) is 0 Å². The molecular weight excluding hydrogens is 272 g/mol. The number of thioether (sulfide) groups is 1. The van der Waals surface area contributed by atoms with Gasteiger partial charge in [0.1, 0.15) is 6.29 Å². The van der Waals surface area contributed by atoms with E-state index in [2.05, 4.69) is 5.32 Å². The molecule has 0 saturated carbocycles. The smallest absolute Gasteiger partial charge is 0.313 e. The Hall–Kier alpha value is -1.57. The molecule has 0 aromatic heterocycles. The molecule has 0 bridgehead atoms. The molecule has 2 amide bonds. The Labute approximate surface area is 115 Å². The Morgan fingerprint density at radius 3 is 2.58 bits per heavy atom. The Balaban J connectivity index is 3.65. The number of nitrogens with one attached hydrogen (secondary N) is 1. The summed E-state index contributed by atoms with van der Waals surface area (Å²) < 4.78 is 0. The summed E-state index contributed by atoms with van der Waals surface area (Å²) in [5.74, 6) is -1.41. The van der Waals surface area contributed by atoms with Crippen LogP contribution in [0.25, 0.3) is 0 Å². The summed E-state index contributed by atoms with van der Waals surface area (Å²) in [6.07, 6.45) is 1.05. The highest BCUT2D eigenvalue weighted by Gasteiger charge is 2.08. The number of amides is 2. The van der Waals surface area contributed by atoms with Crippen molar-refractivity contribution in [1.82, 2.24) is 10.2 Å². The molecule has 0 radical (unpaired) electrons. The summed E-state index contributed by atoms with van der Waals surface area (Å²) in [5, 5.41) is 11.0. The molecule has 0 spiro atoms. The topological polar surface area (TPSA) is 104 Å². The second-order valence-corrected chi connectivity index (χ2v) is 4.74. The molecule has 108 valence electrons. The van der Waals surface area contributed by atoms with E-state index in [-0.39, 0.29) is 36.2 Å². The van der Waals surface area contributed by atoms with E-state index in [0.29, 0.717) is 19.4 Å². The van der Waals surface area contributed by atoms with Gasteiger partial charge >= 0.3 is 5.97 Å². The van der Waals surface area contributed by atoms with Crippen molar-refractivity contribution in [2.24, 2.45) is 0 Å². The van der Waals surface area contributed by atoms with Gasteiger partial charge in [0, 0.05) is 33.0 Å². The maximum absolute atomic E-state index is 11.4. The van der Waals surface area contributed by atoms with Crippen molar-refractivity contribution in [3.05, 3.63) is 0 Å². The van der Waals surface area contributed by atoms with E-state index in [1.54, 1.807) is 7.05 Å². The van der Waals surface area contributed by atoms with Crippen molar-refractivity contribution in [3.63, 3.8) is 0 Å². The minimum atomic E-state index is -0.960. The van der Waals surface area contributed by atoms with Crippen LogP contribution in [0.1, 0.15) is 12.8 Å². The lowest BCUT2D eigenvalue weighted by atomic mass is 10.3. The molecule has 0 rings (SSSR count). The van der Waals surface area contributed by atoms with E-state index in [4.69, 9.17) is 5.11 Å². The van der Waals surface area contributed by atoms with Crippen molar-refractivity contribution in [3.8, 4) is 0 Å². The van der Waals surface area contributed by atoms with Crippen LogP contribution < -0.4 is 5.32 Å². The molecular formula is C11H18N2O5S. The number of carboxylic acids is 1. The zero-order chi connectivity index (χ0) is 14.7. The molecule has 0 atom stereocenters. The first-order valence-corrected chi connectivity index (χ1v) is 6.86. The Kier molecular flexibility index (Phi) is 9.51. The van der Waals surface area contributed by atoms with Gasteiger partial charge in [-0.25, -0.2) is 0 Å². The lowest BCUT2D eigenvalue weighted by Gasteiger charge is -2.16. The maximum Gasteiger partial charge on any atom is 0.313 e. The Morgan fingerprint density at radius 2 is 2.00 bits per heavy atom. The third kappa shape index (κ3) is 10.1. The average Bonchev–Trinajstić information content (AvgIpc) is 2.35. The fourth-order valence-electron chi connectivity index (χ4n) is 1.14. The quantitative estimate of drug-likeness (QED) is 0.519. The molecule has 0 heterocycles. The first-order chi connectivity index (χ1) is 8.97. The number of aliphatic carboxylic acids is 1. The molecule has 8 heteroatoms. The number of hydrogen-bond acceptors (Lipinski definition) is 5. The highest BCUT2D eigenvalue weighted by molar-refractivity contribution is 8.00. The van der Waals surface area contributed by atoms with Crippen LogP contribution in [0.5, 0.6) is 0 Å². The molecule has 0 aliphatic carbocycles. The maximum atomic E-state index is 11.4. The summed E-state index contributed by atoms with van der Waals surface area (Å²) >= 11 is 1.01. The van der Waals surface area contributed by atoms with E-state index in [1.807, 2.05) is 0 Å². The second kappa shape index (κ2) is 10.4. The Morgan fingerprint density at radius 1 is 1.32 bits per heavy atom. The summed E-state index contributed by atoms with van der Waals surface area (Å²) in [7, 11) is 1.60. The fraction of sp³-hybridized carbons (Fsp3) is 0.636.